The van der Waals surface area contributed by atoms with Crippen molar-refractivity contribution in [2.45, 2.75) is 70.6 Å². The van der Waals surface area contributed by atoms with Gasteiger partial charge >= 0.3 is 5.97 Å². The van der Waals surface area contributed by atoms with Gasteiger partial charge in [0.2, 0.25) is 0 Å². The molecule has 0 saturated carbocycles. The number of rotatable bonds is 0. The van der Waals surface area contributed by atoms with Gasteiger partial charge in [0.05, 0.1) is 6.61 Å². The van der Waals surface area contributed by atoms with Crippen LogP contribution in [0.5, 0.6) is 0 Å². The standard InChI is InChI=1S/C15H28O3/c16-15-11-7-4-2-1-3-5-8-12-17-13-9-6-10-14-18-15/h1-14H2. The Balaban J connectivity index is 2.11. The second kappa shape index (κ2) is 11.5. The number of hydrogen-bond donors (Lipinski definition) is 0. The van der Waals surface area contributed by atoms with E-state index in [9.17, 15) is 4.79 Å². The molecule has 0 aromatic carbocycles. The minimum absolute atomic E-state index is 0.0180. The fourth-order valence-corrected chi connectivity index (χ4v) is 2.20. The van der Waals surface area contributed by atoms with Gasteiger partial charge in [-0.25, -0.2) is 0 Å². The van der Waals surface area contributed by atoms with Crippen molar-refractivity contribution in [3.63, 3.8) is 0 Å². The highest BCUT2D eigenvalue weighted by Crippen LogP contribution is 2.10. The molecule has 0 unspecified atom stereocenters. The first-order valence-electron chi connectivity index (χ1n) is 7.63. The summed E-state index contributed by atoms with van der Waals surface area (Å²) in [5.74, 6) is -0.0180. The monoisotopic (exact) mass is 256 g/mol. The summed E-state index contributed by atoms with van der Waals surface area (Å²) in [6, 6.07) is 0. The van der Waals surface area contributed by atoms with Crippen LogP contribution < -0.4 is 0 Å². The molecule has 1 aliphatic rings. The third kappa shape index (κ3) is 9.46. The van der Waals surface area contributed by atoms with Gasteiger partial charge in [-0.3, -0.25) is 4.79 Å². The molecule has 1 aliphatic heterocycles. The van der Waals surface area contributed by atoms with E-state index in [1.807, 2.05) is 0 Å². The van der Waals surface area contributed by atoms with E-state index in [1.165, 1.54) is 32.1 Å². The molecule has 0 aliphatic carbocycles. The minimum atomic E-state index is -0.0180. The Labute approximate surface area is 111 Å². The highest BCUT2D eigenvalue weighted by Gasteiger charge is 2.02. The van der Waals surface area contributed by atoms with E-state index in [-0.39, 0.29) is 5.97 Å². The van der Waals surface area contributed by atoms with Crippen molar-refractivity contribution in [3.8, 4) is 0 Å². The first kappa shape index (κ1) is 15.5. The van der Waals surface area contributed by atoms with Crippen LogP contribution in [0.3, 0.4) is 0 Å². The van der Waals surface area contributed by atoms with Crippen molar-refractivity contribution in [1.29, 1.82) is 0 Å². The zero-order valence-electron chi connectivity index (χ0n) is 11.6. The van der Waals surface area contributed by atoms with E-state index in [2.05, 4.69) is 0 Å². The van der Waals surface area contributed by atoms with Crippen LogP contribution in [0.4, 0.5) is 0 Å². The summed E-state index contributed by atoms with van der Waals surface area (Å²) in [4.78, 5) is 11.4. The number of esters is 1. The van der Waals surface area contributed by atoms with Gasteiger partial charge in [0.1, 0.15) is 0 Å². The number of hydrogen-bond acceptors (Lipinski definition) is 3. The molecule has 18 heavy (non-hydrogen) atoms. The largest absolute Gasteiger partial charge is 0.466 e. The van der Waals surface area contributed by atoms with E-state index in [4.69, 9.17) is 9.47 Å². The average Bonchev–Trinajstić information content (AvgIpc) is 2.37. The number of cyclic esters (lactones) is 1. The molecular formula is C15H28O3. The Bertz CT molecular complexity index is 184. The van der Waals surface area contributed by atoms with Gasteiger partial charge in [-0.1, -0.05) is 32.1 Å². The smallest absolute Gasteiger partial charge is 0.305 e. The lowest BCUT2D eigenvalue weighted by molar-refractivity contribution is -0.143. The number of carbonyl (C=O) groups excluding carboxylic acids is 1. The molecule has 1 rings (SSSR count). The first-order valence-corrected chi connectivity index (χ1v) is 7.63. The van der Waals surface area contributed by atoms with Crippen molar-refractivity contribution in [2.24, 2.45) is 0 Å². The second-order valence-corrected chi connectivity index (χ2v) is 5.12. The van der Waals surface area contributed by atoms with E-state index < -0.39 is 0 Å². The van der Waals surface area contributed by atoms with Crippen molar-refractivity contribution < 1.29 is 14.3 Å². The quantitative estimate of drug-likeness (QED) is 0.617. The SMILES string of the molecule is O=C1CCCCCCCCCOCCCCCO1. The summed E-state index contributed by atoms with van der Waals surface area (Å²) < 4.78 is 10.8. The maximum absolute atomic E-state index is 11.4. The Kier molecular flexibility index (Phi) is 9.91. The van der Waals surface area contributed by atoms with E-state index in [0.29, 0.717) is 13.0 Å². The predicted molar refractivity (Wildman–Crippen MR) is 72.6 cm³/mol. The molecule has 0 aromatic rings. The first-order chi connectivity index (χ1) is 8.89. The average molecular weight is 256 g/mol. The number of ether oxygens (including phenoxy) is 2. The summed E-state index contributed by atoms with van der Waals surface area (Å²) in [5.41, 5.74) is 0. The molecule has 0 amide bonds. The molecular weight excluding hydrogens is 228 g/mol. The van der Waals surface area contributed by atoms with Crippen LogP contribution in [-0.2, 0) is 14.3 Å². The normalized spacial score (nSPS) is 23.0. The van der Waals surface area contributed by atoms with Crippen molar-refractivity contribution in [2.75, 3.05) is 19.8 Å². The summed E-state index contributed by atoms with van der Waals surface area (Å²) in [5, 5.41) is 0. The van der Waals surface area contributed by atoms with Crippen molar-refractivity contribution in [3.05, 3.63) is 0 Å². The molecule has 0 bridgehead atoms. The van der Waals surface area contributed by atoms with Crippen LogP contribution in [-0.4, -0.2) is 25.8 Å². The summed E-state index contributed by atoms with van der Waals surface area (Å²) in [6.07, 6.45) is 12.2. The van der Waals surface area contributed by atoms with E-state index in [1.54, 1.807) is 0 Å². The summed E-state index contributed by atoms with van der Waals surface area (Å²) >= 11 is 0. The molecule has 0 spiro atoms. The molecule has 106 valence electrons. The van der Waals surface area contributed by atoms with Gasteiger partial charge < -0.3 is 9.47 Å². The molecule has 3 nitrogen and oxygen atoms in total. The van der Waals surface area contributed by atoms with Crippen LogP contribution in [0.2, 0.25) is 0 Å². The van der Waals surface area contributed by atoms with Crippen LogP contribution in [0.15, 0.2) is 0 Å². The predicted octanol–water partition coefficient (Wildman–Crippen LogP) is 3.85. The molecule has 0 radical (unpaired) electrons. The zero-order chi connectivity index (χ0) is 12.9. The Morgan fingerprint density at radius 1 is 0.611 bits per heavy atom. The number of carbonyl (C=O) groups is 1. The lowest BCUT2D eigenvalue weighted by Gasteiger charge is -2.05. The fraction of sp³-hybridized carbons (Fsp3) is 0.933. The molecule has 0 aromatic heterocycles. The van der Waals surface area contributed by atoms with Crippen LogP contribution >= 0.6 is 0 Å². The van der Waals surface area contributed by atoms with Crippen molar-refractivity contribution in [1.82, 2.24) is 0 Å². The topological polar surface area (TPSA) is 35.5 Å². The van der Waals surface area contributed by atoms with Gasteiger partial charge in [0.25, 0.3) is 0 Å². The molecule has 0 atom stereocenters. The van der Waals surface area contributed by atoms with Crippen LogP contribution in [0.25, 0.3) is 0 Å². The Hall–Kier alpha value is -0.570. The molecule has 3 heteroatoms. The summed E-state index contributed by atoms with van der Waals surface area (Å²) in [7, 11) is 0. The maximum Gasteiger partial charge on any atom is 0.305 e. The molecule has 1 heterocycles. The third-order valence-electron chi connectivity index (χ3n) is 3.37. The highest BCUT2D eigenvalue weighted by atomic mass is 16.5. The second-order valence-electron chi connectivity index (χ2n) is 5.12. The van der Waals surface area contributed by atoms with E-state index in [0.717, 1.165) is 45.3 Å². The van der Waals surface area contributed by atoms with Crippen molar-refractivity contribution >= 4 is 5.97 Å². The molecule has 0 N–H and O–H groups in total. The van der Waals surface area contributed by atoms with Crippen LogP contribution in [0, 0.1) is 0 Å². The summed E-state index contributed by atoms with van der Waals surface area (Å²) in [6.45, 7) is 2.35. The Morgan fingerprint density at radius 2 is 1.11 bits per heavy atom. The molecule has 1 saturated heterocycles. The van der Waals surface area contributed by atoms with Gasteiger partial charge in [-0.05, 0) is 32.1 Å². The molecule has 1 fully saturated rings. The Morgan fingerprint density at radius 3 is 1.83 bits per heavy atom. The maximum atomic E-state index is 11.4. The fourth-order valence-electron chi connectivity index (χ4n) is 2.20. The third-order valence-corrected chi connectivity index (χ3v) is 3.37. The zero-order valence-corrected chi connectivity index (χ0v) is 11.6. The highest BCUT2D eigenvalue weighted by molar-refractivity contribution is 5.69. The minimum Gasteiger partial charge on any atom is -0.466 e. The van der Waals surface area contributed by atoms with Crippen LogP contribution in [0.1, 0.15) is 70.6 Å². The van der Waals surface area contributed by atoms with Gasteiger partial charge in [-0.15, -0.1) is 0 Å². The van der Waals surface area contributed by atoms with Gasteiger partial charge in [0.15, 0.2) is 0 Å². The van der Waals surface area contributed by atoms with Gasteiger partial charge in [0, 0.05) is 19.6 Å². The van der Waals surface area contributed by atoms with E-state index >= 15 is 0 Å². The lowest BCUT2D eigenvalue weighted by atomic mass is 10.1. The van der Waals surface area contributed by atoms with Gasteiger partial charge in [-0.2, -0.15) is 0 Å². The lowest BCUT2D eigenvalue weighted by Crippen LogP contribution is -2.06.